The van der Waals surface area contributed by atoms with Crippen molar-refractivity contribution >= 4 is 40.9 Å². The van der Waals surface area contributed by atoms with E-state index in [1.165, 1.54) is 27.6 Å². The van der Waals surface area contributed by atoms with Crippen molar-refractivity contribution in [3.8, 4) is 0 Å². The summed E-state index contributed by atoms with van der Waals surface area (Å²) in [6.07, 6.45) is 1.59. The zero-order valence-electron chi connectivity index (χ0n) is 10.6. The second-order valence-corrected chi connectivity index (χ2v) is 6.33. The number of hydrogen-bond acceptors (Lipinski definition) is 5. The van der Waals surface area contributed by atoms with E-state index in [0.29, 0.717) is 5.82 Å². The second kappa shape index (κ2) is 5.26. The van der Waals surface area contributed by atoms with Gasteiger partial charge in [0.25, 0.3) is 0 Å². The molecule has 1 aliphatic heterocycles. The molecule has 2 aromatic rings. The van der Waals surface area contributed by atoms with Crippen LogP contribution in [-0.4, -0.2) is 28.2 Å². The highest BCUT2D eigenvalue weighted by Gasteiger charge is 2.38. The van der Waals surface area contributed by atoms with E-state index < -0.39 is 5.92 Å². The van der Waals surface area contributed by atoms with Gasteiger partial charge in [0.1, 0.15) is 5.82 Å². The smallest absolute Gasteiger partial charge is 0.250 e. The molecule has 0 saturated heterocycles. The van der Waals surface area contributed by atoms with Crippen LogP contribution < -0.4 is 5.32 Å². The molecule has 0 saturated carbocycles. The van der Waals surface area contributed by atoms with Crippen LogP contribution in [0.2, 0.25) is 0 Å². The van der Waals surface area contributed by atoms with Crippen LogP contribution in [0.15, 0.2) is 40.7 Å². The van der Waals surface area contributed by atoms with E-state index in [4.69, 9.17) is 0 Å². The van der Waals surface area contributed by atoms with E-state index in [2.05, 4.69) is 10.3 Å². The Morgan fingerprint density at radius 3 is 3.00 bits per heavy atom. The van der Waals surface area contributed by atoms with Crippen molar-refractivity contribution < 1.29 is 9.59 Å². The SMILES string of the molecule is CN1Sc2ccsc2C(C(=O)Nc2ccccn2)C1=O. The number of fused-ring (bicyclic) bond motifs is 1. The Labute approximate surface area is 124 Å². The minimum atomic E-state index is -0.793. The largest absolute Gasteiger partial charge is 0.310 e. The number of hydrogen-bond donors (Lipinski definition) is 1. The number of carbonyl (C=O) groups is 2. The van der Waals surface area contributed by atoms with Gasteiger partial charge in [-0.2, -0.15) is 0 Å². The molecule has 1 N–H and O–H groups in total. The molecule has 0 aromatic carbocycles. The average Bonchev–Trinajstić information content (AvgIpc) is 2.88. The number of nitrogens with zero attached hydrogens (tertiary/aromatic N) is 2. The summed E-state index contributed by atoms with van der Waals surface area (Å²) in [5.41, 5.74) is 0. The third-order valence-electron chi connectivity index (χ3n) is 2.89. The van der Waals surface area contributed by atoms with E-state index >= 15 is 0 Å². The molecule has 2 amide bonds. The Morgan fingerprint density at radius 2 is 2.25 bits per heavy atom. The Kier molecular flexibility index (Phi) is 3.45. The van der Waals surface area contributed by atoms with Crippen molar-refractivity contribution in [3.63, 3.8) is 0 Å². The van der Waals surface area contributed by atoms with E-state index in [1.807, 2.05) is 11.4 Å². The van der Waals surface area contributed by atoms with Crippen molar-refractivity contribution in [2.24, 2.45) is 0 Å². The predicted octanol–water partition coefficient (Wildman–Crippen LogP) is 2.34. The van der Waals surface area contributed by atoms with Crippen LogP contribution in [0, 0.1) is 0 Å². The summed E-state index contributed by atoms with van der Waals surface area (Å²) in [5, 5.41) is 4.59. The molecule has 1 unspecified atom stereocenters. The number of thiophene rings is 1. The number of aromatic nitrogens is 1. The first-order valence-electron chi connectivity index (χ1n) is 5.91. The van der Waals surface area contributed by atoms with E-state index in [-0.39, 0.29) is 11.8 Å². The molecule has 102 valence electrons. The lowest BCUT2D eigenvalue weighted by molar-refractivity contribution is -0.132. The van der Waals surface area contributed by atoms with E-state index in [9.17, 15) is 9.59 Å². The number of pyridine rings is 1. The third kappa shape index (κ3) is 2.30. The summed E-state index contributed by atoms with van der Waals surface area (Å²) in [7, 11) is 1.68. The molecule has 0 spiro atoms. The van der Waals surface area contributed by atoms with Crippen molar-refractivity contribution in [3.05, 3.63) is 40.7 Å². The van der Waals surface area contributed by atoms with Crippen molar-refractivity contribution in [1.29, 1.82) is 0 Å². The van der Waals surface area contributed by atoms with Crippen LogP contribution in [-0.2, 0) is 9.59 Å². The molecule has 3 heterocycles. The normalized spacial score (nSPS) is 17.8. The minimum Gasteiger partial charge on any atom is -0.310 e. The molecule has 2 aromatic heterocycles. The Hall–Kier alpha value is -1.86. The van der Waals surface area contributed by atoms with Crippen LogP contribution in [0.1, 0.15) is 10.8 Å². The maximum absolute atomic E-state index is 12.4. The predicted molar refractivity (Wildman–Crippen MR) is 78.6 cm³/mol. The summed E-state index contributed by atoms with van der Waals surface area (Å²) in [5.74, 6) is -0.898. The maximum Gasteiger partial charge on any atom is 0.250 e. The van der Waals surface area contributed by atoms with Gasteiger partial charge in [0.2, 0.25) is 11.8 Å². The molecule has 20 heavy (non-hydrogen) atoms. The molecule has 0 fully saturated rings. The Bertz CT molecular complexity index is 657. The monoisotopic (exact) mass is 305 g/mol. The number of nitrogens with one attached hydrogen (secondary N) is 1. The highest BCUT2D eigenvalue weighted by atomic mass is 32.2. The first-order chi connectivity index (χ1) is 9.66. The fraction of sp³-hybridized carbons (Fsp3) is 0.154. The van der Waals surface area contributed by atoms with Gasteiger partial charge in [0.15, 0.2) is 5.92 Å². The zero-order chi connectivity index (χ0) is 14.1. The number of amides is 2. The number of likely N-dealkylation sites (N-methyl/N-ethyl adjacent to an activating group) is 1. The van der Waals surface area contributed by atoms with Crippen LogP contribution in [0.5, 0.6) is 0 Å². The van der Waals surface area contributed by atoms with Crippen LogP contribution in [0.4, 0.5) is 5.82 Å². The van der Waals surface area contributed by atoms with Gasteiger partial charge >= 0.3 is 0 Å². The molecular formula is C13H11N3O2S2. The highest BCUT2D eigenvalue weighted by Crippen LogP contribution is 2.41. The molecule has 3 rings (SSSR count). The fourth-order valence-corrected chi connectivity index (χ4v) is 4.00. The summed E-state index contributed by atoms with van der Waals surface area (Å²) in [4.78, 5) is 30.4. The highest BCUT2D eigenvalue weighted by molar-refractivity contribution is 7.97. The summed E-state index contributed by atoms with van der Waals surface area (Å²) < 4.78 is 1.50. The summed E-state index contributed by atoms with van der Waals surface area (Å²) in [6, 6.07) is 7.17. The van der Waals surface area contributed by atoms with Crippen LogP contribution in [0.3, 0.4) is 0 Å². The third-order valence-corrected chi connectivity index (χ3v) is 5.01. The number of anilines is 1. The molecular weight excluding hydrogens is 294 g/mol. The van der Waals surface area contributed by atoms with Gasteiger partial charge in [-0.1, -0.05) is 6.07 Å². The first kappa shape index (κ1) is 13.1. The average molecular weight is 305 g/mol. The van der Waals surface area contributed by atoms with Crippen molar-refractivity contribution in [2.45, 2.75) is 10.8 Å². The second-order valence-electron chi connectivity index (χ2n) is 4.21. The molecule has 0 aliphatic carbocycles. The van der Waals surface area contributed by atoms with Crippen LogP contribution in [0.25, 0.3) is 0 Å². The minimum absolute atomic E-state index is 0.210. The van der Waals surface area contributed by atoms with Gasteiger partial charge in [-0.15, -0.1) is 11.3 Å². The van der Waals surface area contributed by atoms with Gasteiger partial charge in [0, 0.05) is 23.0 Å². The zero-order valence-corrected chi connectivity index (χ0v) is 12.2. The van der Waals surface area contributed by atoms with E-state index in [0.717, 1.165) is 9.77 Å². The lowest BCUT2D eigenvalue weighted by Gasteiger charge is -2.27. The molecule has 7 heteroatoms. The fourth-order valence-electron chi connectivity index (χ4n) is 1.95. The summed E-state index contributed by atoms with van der Waals surface area (Å²) >= 11 is 2.78. The van der Waals surface area contributed by atoms with Gasteiger partial charge in [-0.3, -0.25) is 13.9 Å². The first-order valence-corrected chi connectivity index (χ1v) is 7.57. The lowest BCUT2D eigenvalue weighted by atomic mass is 10.1. The Balaban J connectivity index is 1.89. The molecule has 5 nitrogen and oxygen atoms in total. The number of rotatable bonds is 2. The quantitative estimate of drug-likeness (QED) is 0.683. The van der Waals surface area contributed by atoms with Crippen molar-refractivity contribution in [1.82, 2.24) is 9.29 Å². The van der Waals surface area contributed by atoms with Gasteiger partial charge in [-0.05, 0) is 35.5 Å². The van der Waals surface area contributed by atoms with Gasteiger partial charge < -0.3 is 5.32 Å². The molecule has 0 radical (unpaired) electrons. The topological polar surface area (TPSA) is 62.3 Å². The van der Waals surface area contributed by atoms with Gasteiger partial charge in [-0.25, -0.2) is 4.98 Å². The van der Waals surface area contributed by atoms with E-state index in [1.54, 1.807) is 31.4 Å². The van der Waals surface area contributed by atoms with Crippen LogP contribution >= 0.6 is 23.3 Å². The summed E-state index contributed by atoms with van der Waals surface area (Å²) in [6.45, 7) is 0. The molecule has 1 atom stereocenters. The lowest BCUT2D eigenvalue weighted by Crippen LogP contribution is -2.37. The molecule has 1 aliphatic rings. The maximum atomic E-state index is 12.4. The Morgan fingerprint density at radius 1 is 1.40 bits per heavy atom. The van der Waals surface area contributed by atoms with Crippen molar-refractivity contribution in [2.75, 3.05) is 12.4 Å². The standard InChI is InChI=1S/C13H11N3O2S2/c1-16-13(18)10(11-8(20-16)5-7-19-11)12(17)15-9-4-2-3-6-14-9/h2-7,10H,1H3,(H,14,15,17). The van der Waals surface area contributed by atoms with Gasteiger partial charge in [0.05, 0.1) is 0 Å². The molecule has 0 bridgehead atoms. The number of carbonyl (C=O) groups excluding carboxylic acids is 2.